The van der Waals surface area contributed by atoms with Crippen LogP contribution in [0, 0.1) is 0 Å². The topological polar surface area (TPSA) is 189 Å². The molecule has 0 spiro atoms. The molecule has 0 fully saturated rings. The number of pyridine rings is 1. The van der Waals surface area contributed by atoms with Gasteiger partial charge in [0, 0.05) is 58.9 Å². The van der Waals surface area contributed by atoms with E-state index in [1.165, 1.54) is 17.1 Å². The van der Waals surface area contributed by atoms with Crippen LogP contribution in [0.4, 0.5) is 0 Å². The summed E-state index contributed by atoms with van der Waals surface area (Å²) in [6.07, 6.45) is 6.11. The van der Waals surface area contributed by atoms with Crippen LogP contribution in [-0.4, -0.2) is 61.9 Å². The van der Waals surface area contributed by atoms with Gasteiger partial charge in [-0.15, -0.1) is 5.10 Å². The average molecular weight is 680 g/mol. The number of tetrazole rings is 1. The number of nitrogens with one attached hydrogen (secondary N) is 3. The van der Waals surface area contributed by atoms with E-state index >= 15 is 0 Å². The number of rotatable bonds is 9. The number of H-pyrrole nitrogens is 2. The van der Waals surface area contributed by atoms with E-state index in [4.69, 9.17) is 34.8 Å². The van der Waals surface area contributed by atoms with Gasteiger partial charge in [0.25, 0.3) is 0 Å². The number of carbonyl (C=O) groups excluding carboxylic acids is 1. The van der Waals surface area contributed by atoms with Crippen LogP contribution < -0.4 is 10.9 Å². The van der Waals surface area contributed by atoms with Gasteiger partial charge in [0.1, 0.15) is 23.0 Å². The molecule has 1 amide bonds. The van der Waals surface area contributed by atoms with Gasteiger partial charge in [0.15, 0.2) is 0 Å². The second kappa shape index (κ2) is 12.6. The molecule has 0 radical (unpaired) electrons. The zero-order chi connectivity index (χ0) is 32.5. The number of carboxylic acids is 1. The highest BCUT2D eigenvalue weighted by molar-refractivity contribution is 6.32. The summed E-state index contributed by atoms with van der Waals surface area (Å²) in [5.74, 6) is -1.44. The van der Waals surface area contributed by atoms with E-state index in [-0.39, 0.29) is 17.1 Å². The van der Waals surface area contributed by atoms with E-state index in [9.17, 15) is 19.5 Å². The molecule has 1 atom stereocenters. The molecule has 6 rings (SSSR count). The highest BCUT2D eigenvalue weighted by Gasteiger charge is 2.24. The van der Waals surface area contributed by atoms with Crippen LogP contribution in [0.15, 0.2) is 65.9 Å². The van der Waals surface area contributed by atoms with Crippen LogP contribution in [-0.2, 0) is 18.3 Å². The molecule has 4 heterocycles. The summed E-state index contributed by atoms with van der Waals surface area (Å²) in [7, 11) is 1.72. The molecule has 2 aromatic carbocycles. The van der Waals surface area contributed by atoms with Crippen molar-refractivity contribution in [1.82, 2.24) is 50.3 Å². The van der Waals surface area contributed by atoms with Gasteiger partial charge in [-0.25, -0.2) is 9.78 Å². The fraction of sp³-hybridized carbons (Fsp3) is 0.103. The Morgan fingerprint density at radius 1 is 1.11 bits per heavy atom. The zero-order valence-corrected chi connectivity index (χ0v) is 25.8. The third-order valence-corrected chi connectivity index (χ3v) is 7.75. The molecule has 4 N–H and O–H groups in total. The van der Waals surface area contributed by atoms with Gasteiger partial charge >= 0.3 is 5.97 Å². The number of carbonyl (C=O) groups is 2. The van der Waals surface area contributed by atoms with Gasteiger partial charge in [-0.05, 0) is 46.8 Å². The van der Waals surface area contributed by atoms with E-state index < -0.39 is 23.5 Å². The first kappa shape index (κ1) is 30.7. The number of aromatic amines is 2. The SMILES string of the molecule is Cn1cc(Cl)c(C[C@H](NC(=O)/C=C/c2cc(Cl)ccc2-n2cnnn2)c2nc(-c3ccc4[nH]c(=O)cc(C(=O)O)c4c3)c(Cl)[nH]2)n1. The second-order valence-electron chi connectivity index (χ2n) is 10.1. The number of amides is 1. The summed E-state index contributed by atoms with van der Waals surface area (Å²) in [5, 5.41) is 29.5. The first-order valence-electron chi connectivity index (χ1n) is 13.4. The molecule has 0 unspecified atom stereocenters. The normalized spacial score (nSPS) is 12.2. The van der Waals surface area contributed by atoms with Crippen molar-refractivity contribution in [2.24, 2.45) is 7.05 Å². The maximum atomic E-state index is 13.3. The molecular formula is C29H21Cl3N10O4. The fourth-order valence-electron chi connectivity index (χ4n) is 4.88. The van der Waals surface area contributed by atoms with Crippen molar-refractivity contribution in [3.05, 3.63) is 109 Å². The van der Waals surface area contributed by atoms with E-state index in [0.717, 1.165) is 6.07 Å². The van der Waals surface area contributed by atoms with E-state index in [0.29, 0.717) is 55.0 Å². The lowest BCUT2D eigenvalue weighted by Crippen LogP contribution is -2.29. The molecular weight excluding hydrogens is 659 g/mol. The third-order valence-electron chi connectivity index (χ3n) is 6.92. The number of halogens is 3. The lowest BCUT2D eigenvalue weighted by atomic mass is 10.0. The molecule has 0 aliphatic rings. The van der Waals surface area contributed by atoms with Gasteiger partial charge in [-0.1, -0.05) is 40.9 Å². The number of aromatic carboxylic acids is 1. The van der Waals surface area contributed by atoms with Gasteiger partial charge < -0.3 is 20.4 Å². The number of imidazole rings is 1. The second-order valence-corrected chi connectivity index (χ2v) is 11.3. The molecule has 0 saturated heterocycles. The van der Waals surface area contributed by atoms with E-state index in [1.807, 2.05) is 0 Å². The summed E-state index contributed by atoms with van der Waals surface area (Å²) < 4.78 is 2.99. The summed E-state index contributed by atoms with van der Waals surface area (Å²) in [6.45, 7) is 0. The minimum absolute atomic E-state index is 0.141. The Morgan fingerprint density at radius 2 is 1.93 bits per heavy atom. The van der Waals surface area contributed by atoms with Gasteiger partial charge in [0.05, 0.1) is 28.0 Å². The highest BCUT2D eigenvalue weighted by atomic mass is 35.5. The fourth-order valence-corrected chi connectivity index (χ4v) is 5.57. The quantitative estimate of drug-likeness (QED) is 0.161. The lowest BCUT2D eigenvalue weighted by molar-refractivity contribution is -0.117. The van der Waals surface area contributed by atoms with Crippen molar-refractivity contribution >= 4 is 63.7 Å². The number of nitrogens with zero attached hydrogens (tertiary/aromatic N) is 7. The summed E-state index contributed by atoms with van der Waals surface area (Å²) in [4.78, 5) is 47.4. The summed E-state index contributed by atoms with van der Waals surface area (Å²) in [5.41, 5.74) is 2.09. The van der Waals surface area contributed by atoms with Crippen molar-refractivity contribution < 1.29 is 14.7 Å². The predicted octanol–water partition coefficient (Wildman–Crippen LogP) is 4.40. The number of hydrogen-bond donors (Lipinski definition) is 4. The molecule has 4 aromatic heterocycles. The van der Waals surface area contributed by atoms with Crippen LogP contribution in [0.2, 0.25) is 15.2 Å². The molecule has 17 heteroatoms. The first-order chi connectivity index (χ1) is 22.0. The number of hydrogen-bond acceptors (Lipinski definition) is 8. The van der Waals surface area contributed by atoms with Gasteiger partial charge in [-0.2, -0.15) is 9.78 Å². The molecule has 0 bridgehead atoms. The van der Waals surface area contributed by atoms with E-state index in [2.05, 4.69) is 40.9 Å². The summed E-state index contributed by atoms with van der Waals surface area (Å²) in [6, 6.07) is 10.1. The number of fused-ring (bicyclic) bond motifs is 1. The summed E-state index contributed by atoms with van der Waals surface area (Å²) >= 11 is 19.2. The zero-order valence-electron chi connectivity index (χ0n) is 23.6. The van der Waals surface area contributed by atoms with Crippen molar-refractivity contribution in [2.75, 3.05) is 0 Å². The molecule has 6 aromatic rings. The number of benzene rings is 2. The Balaban J connectivity index is 1.34. The van der Waals surface area contributed by atoms with Crippen LogP contribution in [0.1, 0.15) is 33.5 Å². The average Bonchev–Trinajstić information content (AvgIpc) is 3.75. The van der Waals surface area contributed by atoms with Crippen molar-refractivity contribution in [1.29, 1.82) is 0 Å². The number of aryl methyl sites for hydroxylation is 1. The molecule has 14 nitrogen and oxygen atoms in total. The minimum Gasteiger partial charge on any atom is -0.478 e. The monoisotopic (exact) mass is 678 g/mol. The van der Waals surface area contributed by atoms with Crippen molar-refractivity contribution in [3.8, 4) is 16.9 Å². The molecule has 0 aliphatic heterocycles. The predicted molar refractivity (Wildman–Crippen MR) is 170 cm³/mol. The highest BCUT2D eigenvalue weighted by Crippen LogP contribution is 2.32. The van der Waals surface area contributed by atoms with Crippen LogP contribution in [0.5, 0.6) is 0 Å². The van der Waals surface area contributed by atoms with Crippen LogP contribution in [0.3, 0.4) is 0 Å². The van der Waals surface area contributed by atoms with E-state index in [1.54, 1.807) is 60.4 Å². The Hall–Kier alpha value is -5.31. The Bertz CT molecular complexity index is 2200. The van der Waals surface area contributed by atoms with Crippen LogP contribution in [0.25, 0.3) is 33.9 Å². The maximum Gasteiger partial charge on any atom is 0.336 e. The van der Waals surface area contributed by atoms with Crippen LogP contribution >= 0.6 is 34.8 Å². The maximum absolute atomic E-state index is 13.3. The molecule has 0 saturated carbocycles. The number of carboxylic acid groups (broad SMARTS) is 1. The standard InChI is InChI=1S/C29H21Cl3N10O4/c1-41-12-19(31)21(38-41)11-22(35-24(43)7-3-14-8-16(30)4-6-23(14)42-13-33-39-40-42)28-36-26(27(32)37-28)15-2-5-20-17(9-15)18(29(45)46)10-25(44)34-20/h2-10,12-13,22H,11H2,1H3,(H,34,44)(H,35,43)(H,36,37)(H,45,46)/b7-3+/t22-/m0/s1. The molecule has 46 heavy (non-hydrogen) atoms. The number of aromatic nitrogens is 9. The Kier molecular flexibility index (Phi) is 8.41. The first-order valence-corrected chi connectivity index (χ1v) is 14.5. The van der Waals surface area contributed by atoms with Gasteiger partial charge in [0.2, 0.25) is 11.5 Å². The van der Waals surface area contributed by atoms with Gasteiger partial charge in [-0.3, -0.25) is 14.3 Å². The van der Waals surface area contributed by atoms with Crippen molar-refractivity contribution in [3.63, 3.8) is 0 Å². The third kappa shape index (κ3) is 6.40. The Morgan fingerprint density at radius 3 is 2.65 bits per heavy atom. The van der Waals surface area contributed by atoms with Crippen molar-refractivity contribution in [2.45, 2.75) is 12.5 Å². The molecule has 232 valence electrons. The minimum atomic E-state index is -1.26. The largest absolute Gasteiger partial charge is 0.478 e. The molecule has 0 aliphatic carbocycles. The smallest absolute Gasteiger partial charge is 0.336 e. The lowest BCUT2D eigenvalue weighted by Gasteiger charge is -2.15. The Labute approximate surface area is 273 Å².